The van der Waals surface area contributed by atoms with E-state index in [-0.39, 0.29) is 5.69 Å². The number of benzene rings is 2. The molecule has 0 unspecified atom stereocenters. The topological polar surface area (TPSA) is 59.9 Å². The van der Waals surface area contributed by atoms with Gasteiger partial charge >= 0.3 is 5.69 Å². The number of nitrogens with zero attached hydrogens (tertiary/aromatic N) is 2. The molecule has 0 aliphatic carbocycles. The van der Waals surface area contributed by atoms with Gasteiger partial charge in [-0.25, -0.2) is 9.89 Å². The van der Waals surface area contributed by atoms with Crippen LogP contribution in [0.5, 0.6) is 5.75 Å². The number of aromatic nitrogens is 3. The first-order valence-corrected chi connectivity index (χ1v) is 9.29. The largest absolute Gasteiger partial charge is 0.491 e. The molecule has 0 aliphatic rings. The lowest BCUT2D eigenvalue weighted by molar-refractivity contribution is 0.344. The molecule has 3 aromatic rings. The molecule has 0 aliphatic heterocycles. The van der Waals surface area contributed by atoms with Gasteiger partial charge in [0.25, 0.3) is 0 Å². The van der Waals surface area contributed by atoms with Crippen LogP contribution in [0.2, 0.25) is 5.02 Å². The van der Waals surface area contributed by atoms with Gasteiger partial charge in [-0.2, -0.15) is 0 Å². The third-order valence-electron chi connectivity index (χ3n) is 3.60. The fourth-order valence-electron chi connectivity index (χ4n) is 2.34. The Kier molecular flexibility index (Phi) is 6.19. The number of rotatable bonds is 8. The number of halogens is 1. The van der Waals surface area contributed by atoms with Crippen LogP contribution >= 0.6 is 23.4 Å². The molecule has 1 N–H and O–H groups in total. The molecule has 1 heterocycles. The van der Waals surface area contributed by atoms with Crippen LogP contribution in [-0.4, -0.2) is 27.1 Å². The van der Waals surface area contributed by atoms with Gasteiger partial charge in [0.05, 0.1) is 11.6 Å². The van der Waals surface area contributed by atoms with Crippen LogP contribution in [0, 0.1) is 0 Å². The van der Waals surface area contributed by atoms with Gasteiger partial charge in [0, 0.05) is 12.3 Å². The van der Waals surface area contributed by atoms with Gasteiger partial charge in [-0.3, -0.25) is 4.57 Å². The Hall–Kier alpha value is -2.18. The van der Waals surface area contributed by atoms with Crippen molar-refractivity contribution in [2.45, 2.75) is 18.1 Å². The smallest absolute Gasteiger partial charge is 0.343 e. The minimum atomic E-state index is -0.189. The van der Waals surface area contributed by atoms with E-state index in [0.717, 1.165) is 6.42 Å². The molecule has 0 saturated carbocycles. The minimum absolute atomic E-state index is 0.189. The van der Waals surface area contributed by atoms with Gasteiger partial charge in [-0.1, -0.05) is 65.8 Å². The fourth-order valence-corrected chi connectivity index (χ4v) is 3.32. The van der Waals surface area contributed by atoms with Gasteiger partial charge in [-0.15, -0.1) is 5.10 Å². The van der Waals surface area contributed by atoms with Crippen molar-refractivity contribution in [2.24, 2.45) is 0 Å². The minimum Gasteiger partial charge on any atom is -0.491 e. The highest BCUT2D eigenvalue weighted by molar-refractivity contribution is 7.99. The Labute approximate surface area is 155 Å². The molecular weight excluding hydrogens is 358 g/mol. The molecule has 0 spiro atoms. The average Bonchev–Trinajstić information content (AvgIpc) is 2.99. The summed E-state index contributed by atoms with van der Waals surface area (Å²) in [6, 6.07) is 17.4. The third kappa shape index (κ3) is 4.90. The predicted molar refractivity (Wildman–Crippen MR) is 101 cm³/mol. The predicted octanol–water partition coefficient (Wildman–Crippen LogP) is 3.64. The zero-order valence-corrected chi connectivity index (χ0v) is 15.1. The summed E-state index contributed by atoms with van der Waals surface area (Å²) in [4.78, 5) is 11.9. The van der Waals surface area contributed by atoms with Crippen LogP contribution in [-0.2, 0) is 13.0 Å². The Morgan fingerprint density at radius 3 is 2.68 bits per heavy atom. The van der Waals surface area contributed by atoms with Crippen LogP contribution in [0.15, 0.2) is 64.5 Å². The molecule has 1 aromatic heterocycles. The van der Waals surface area contributed by atoms with E-state index in [4.69, 9.17) is 16.3 Å². The second kappa shape index (κ2) is 8.78. The highest BCUT2D eigenvalue weighted by atomic mass is 35.5. The Balaban J connectivity index is 1.53. The molecule has 3 rings (SSSR count). The molecule has 7 heteroatoms. The Bertz CT molecular complexity index is 864. The van der Waals surface area contributed by atoms with Crippen LogP contribution in [0.25, 0.3) is 0 Å². The van der Waals surface area contributed by atoms with Crippen molar-refractivity contribution < 1.29 is 4.74 Å². The maximum atomic E-state index is 11.9. The molecule has 0 bridgehead atoms. The number of para-hydroxylation sites is 1. The summed E-state index contributed by atoms with van der Waals surface area (Å²) in [6.45, 7) is 1.07. The summed E-state index contributed by atoms with van der Waals surface area (Å²) in [7, 11) is 0. The number of aromatic amines is 1. The van der Waals surface area contributed by atoms with E-state index in [2.05, 4.69) is 22.3 Å². The average molecular weight is 376 g/mol. The Morgan fingerprint density at radius 1 is 1.12 bits per heavy atom. The zero-order valence-electron chi connectivity index (χ0n) is 13.5. The van der Waals surface area contributed by atoms with Gasteiger partial charge < -0.3 is 4.74 Å². The molecule has 5 nitrogen and oxygen atoms in total. The van der Waals surface area contributed by atoms with Crippen molar-refractivity contribution in [1.29, 1.82) is 0 Å². The van der Waals surface area contributed by atoms with E-state index in [1.807, 2.05) is 36.4 Å². The quantitative estimate of drug-likeness (QED) is 0.482. The Morgan fingerprint density at radius 2 is 1.88 bits per heavy atom. The lowest BCUT2D eigenvalue weighted by atomic mass is 10.1. The standard InChI is InChI=1S/C18H18ClN3O2S/c19-15-8-4-5-9-16(15)24-12-13-25-18-21-20-17(23)22(18)11-10-14-6-2-1-3-7-14/h1-9H,10-13H2,(H,20,23). The summed E-state index contributed by atoms with van der Waals surface area (Å²) in [6.07, 6.45) is 0.782. The number of aryl methyl sites for hydroxylation is 1. The molecule has 0 atom stereocenters. The van der Waals surface area contributed by atoms with E-state index in [0.29, 0.717) is 34.8 Å². The first-order chi connectivity index (χ1) is 12.2. The van der Waals surface area contributed by atoms with Crippen molar-refractivity contribution in [2.75, 3.05) is 12.4 Å². The molecule has 0 fully saturated rings. The molecule has 25 heavy (non-hydrogen) atoms. The van der Waals surface area contributed by atoms with Gasteiger partial charge in [0.1, 0.15) is 5.75 Å². The van der Waals surface area contributed by atoms with Crippen molar-refractivity contribution >= 4 is 23.4 Å². The van der Waals surface area contributed by atoms with Crippen molar-refractivity contribution in [3.05, 3.63) is 75.7 Å². The molecular formula is C18H18ClN3O2S. The van der Waals surface area contributed by atoms with Crippen molar-refractivity contribution in [3.63, 3.8) is 0 Å². The summed E-state index contributed by atoms with van der Waals surface area (Å²) >= 11 is 7.53. The lowest BCUT2D eigenvalue weighted by Crippen LogP contribution is -2.19. The fraction of sp³-hybridized carbons (Fsp3) is 0.222. The van der Waals surface area contributed by atoms with Crippen molar-refractivity contribution in [1.82, 2.24) is 14.8 Å². The lowest BCUT2D eigenvalue weighted by Gasteiger charge is -2.08. The highest BCUT2D eigenvalue weighted by Crippen LogP contribution is 2.23. The number of nitrogens with one attached hydrogen (secondary N) is 1. The van der Waals surface area contributed by atoms with E-state index in [1.165, 1.54) is 17.3 Å². The third-order valence-corrected chi connectivity index (χ3v) is 4.85. The molecule has 130 valence electrons. The number of ether oxygens (including phenoxy) is 1. The zero-order chi connectivity index (χ0) is 17.5. The van der Waals surface area contributed by atoms with Gasteiger partial charge in [0.2, 0.25) is 0 Å². The van der Waals surface area contributed by atoms with Gasteiger partial charge in [-0.05, 0) is 24.1 Å². The van der Waals surface area contributed by atoms with Gasteiger partial charge in [0.15, 0.2) is 5.16 Å². The molecule has 0 amide bonds. The highest BCUT2D eigenvalue weighted by Gasteiger charge is 2.09. The summed E-state index contributed by atoms with van der Waals surface area (Å²) in [5, 5.41) is 7.87. The number of thioether (sulfide) groups is 1. The first-order valence-electron chi connectivity index (χ1n) is 7.93. The summed E-state index contributed by atoms with van der Waals surface area (Å²) in [5.74, 6) is 1.33. The first kappa shape index (κ1) is 17.6. The van der Waals surface area contributed by atoms with E-state index >= 15 is 0 Å². The normalized spacial score (nSPS) is 10.8. The maximum absolute atomic E-state index is 11.9. The van der Waals surface area contributed by atoms with E-state index in [9.17, 15) is 4.79 Å². The SMILES string of the molecule is O=c1[nH]nc(SCCOc2ccccc2Cl)n1CCc1ccccc1. The monoisotopic (exact) mass is 375 g/mol. The number of H-pyrrole nitrogens is 1. The van der Waals surface area contributed by atoms with Crippen molar-refractivity contribution in [3.8, 4) is 5.75 Å². The molecule has 0 radical (unpaired) electrons. The number of hydrogen-bond donors (Lipinski definition) is 1. The number of hydrogen-bond acceptors (Lipinski definition) is 4. The second-order valence-electron chi connectivity index (χ2n) is 5.33. The van der Waals surface area contributed by atoms with Crippen LogP contribution in [0.4, 0.5) is 0 Å². The summed E-state index contributed by atoms with van der Waals surface area (Å²) < 4.78 is 7.32. The molecule has 2 aromatic carbocycles. The van der Waals surface area contributed by atoms with Crippen LogP contribution < -0.4 is 10.4 Å². The van der Waals surface area contributed by atoms with Crippen LogP contribution in [0.3, 0.4) is 0 Å². The maximum Gasteiger partial charge on any atom is 0.343 e. The van der Waals surface area contributed by atoms with E-state index in [1.54, 1.807) is 10.6 Å². The molecule has 0 saturated heterocycles. The second-order valence-corrected chi connectivity index (χ2v) is 6.80. The summed E-state index contributed by atoms with van der Waals surface area (Å²) in [5.41, 5.74) is 0.999. The van der Waals surface area contributed by atoms with E-state index < -0.39 is 0 Å². The van der Waals surface area contributed by atoms with Crippen LogP contribution in [0.1, 0.15) is 5.56 Å².